The van der Waals surface area contributed by atoms with E-state index in [1.807, 2.05) is 12.1 Å². The van der Waals surface area contributed by atoms with Gasteiger partial charge in [-0.25, -0.2) is 0 Å². The average Bonchev–Trinajstić information content (AvgIpc) is 2.89. The fraction of sp³-hybridized carbons (Fsp3) is 0.636. The monoisotopic (exact) mass is 392 g/mol. The van der Waals surface area contributed by atoms with Crippen LogP contribution in [0.15, 0.2) is 24.3 Å². The van der Waals surface area contributed by atoms with Gasteiger partial charge in [-0.2, -0.15) is 0 Å². The summed E-state index contributed by atoms with van der Waals surface area (Å²) in [4.78, 5) is 29.8. The third-order valence-electron chi connectivity index (χ3n) is 6.24. The lowest BCUT2D eigenvalue weighted by Crippen LogP contribution is -2.41. The fourth-order valence-electron chi connectivity index (χ4n) is 4.68. The Balaban J connectivity index is 0.00000261. The van der Waals surface area contributed by atoms with Gasteiger partial charge in [-0.05, 0) is 62.9 Å². The minimum absolute atomic E-state index is 0. The Kier molecular flexibility index (Phi) is 7.87. The first-order chi connectivity index (χ1) is 12.6. The molecule has 0 radical (unpaired) electrons. The van der Waals surface area contributed by atoms with Crippen LogP contribution in [0.3, 0.4) is 0 Å². The molecule has 0 aromatic heterocycles. The topological polar surface area (TPSA) is 40.6 Å². The number of aryl methyl sites for hydroxylation is 1. The van der Waals surface area contributed by atoms with E-state index in [1.165, 1.54) is 5.56 Å². The number of fused-ring (bicyclic) bond motifs is 2. The Hall–Kier alpha value is -1.39. The summed E-state index contributed by atoms with van der Waals surface area (Å²) in [6, 6.07) is 8.21. The van der Waals surface area contributed by atoms with Crippen molar-refractivity contribution in [2.24, 2.45) is 0 Å². The lowest BCUT2D eigenvalue weighted by atomic mass is 9.69. The first-order valence-corrected chi connectivity index (χ1v) is 10.3. The number of unbranched alkanes of at least 4 members (excludes halogenated alkanes) is 2. The van der Waals surface area contributed by atoms with E-state index in [0.29, 0.717) is 13.0 Å². The highest BCUT2D eigenvalue weighted by atomic mass is 35.5. The number of hydrogen-bond acceptors (Lipinski definition) is 3. The van der Waals surface area contributed by atoms with Crippen molar-refractivity contribution in [3.63, 3.8) is 0 Å². The number of nitrogens with zero attached hydrogens (tertiary/aromatic N) is 2. The molecule has 3 rings (SSSR count). The highest BCUT2D eigenvalue weighted by Crippen LogP contribution is 2.45. The van der Waals surface area contributed by atoms with Crippen molar-refractivity contribution >= 4 is 24.2 Å². The normalized spacial score (nSPS) is 21.7. The molecule has 150 valence electrons. The minimum atomic E-state index is -0.576. The summed E-state index contributed by atoms with van der Waals surface area (Å²) in [6.07, 6.45) is 6.30. The number of hydrogen-bond donors (Lipinski definition) is 0. The Bertz CT molecular complexity index is 659. The lowest BCUT2D eigenvalue weighted by molar-refractivity contribution is -0.140. The summed E-state index contributed by atoms with van der Waals surface area (Å²) in [5.41, 5.74) is 1.78. The van der Waals surface area contributed by atoms with E-state index < -0.39 is 5.41 Å². The van der Waals surface area contributed by atoms with E-state index in [1.54, 1.807) is 4.90 Å². The third-order valence-corrected chi connectivity index (χ3v) is 6.24. The van der Waals surface area contributed by atoms with Crippen molar-refractivity contribution in [1.29, 1.82) is 0 Å². The average molecular weight is 393 g/mol. The number of carbonyl (C=O) groups is 2. The van der Waals surface area contributed by atoms with E-state index in [2.05, 4.69) is 30.9 Å². The molecule has 1 saturated heterocycles. The molecule has 2 amide bonds. The van der Waals surface area contributed by atoms with Crippen molar-refractivity contribution in [2.75, 3.05) is 26.2 Å². The van der Waals surface area contributed by atoms with Gasteiger partial charge in [-0.3, -0.25) is 14.5 Å². The molecule has 1 aliphatic carbocycles. The molecule has 1 aromatic rings. The number of rotatable bonds is 8. The first kappa shape index (κ1) is 21.9. The highest BCUT2D eigenvalue weighted by Gasteiger charge is 2.53. The van der Waals surface area contributed by atoms with Gasteiger partial charge in [0.25, 0.3) is 0 Å². The largest absolute Gasteiger partial charge is 0.304 e. The maximum Gasteiger partial charge on any atom is 0.240 e. The van der Waals surface area contributed by atoms with Crippen LogP contribution in [0.25, 0.3) is 0 Å². The predicted molar refractivity (Wildman–Crippen MR) is 111 cm³/mol. The van der Waals surface area contributed by atoms with Gasteiger partial charge < -0.3 is 4.90 Å². The van der Waals surface area contributed by atoms with Crippen LogP contribution in [-0.4, -0.2) is 47.8 Å². The van der Waals surface area contributed by atoms with E-state index in [9.17, 15) is 9.59 Å². The van der Waals surface area contributed by atoms with Crippen LogP contribution in [0, 0.1) is 0 Å². The molecule has 1 heterocycles. The van der Waals surface area contributed by atoms with Gasteiger partial charge in [0.2, 0.25) is 11.8 Å². The van der Waals surface area contributed by atoms with Crippen molar-refractivity contribution in [3.8, 4) is 0 Å². The van der Waals surface area contributed by atoms with Crippen LogP contribution in [-0.2, 0) is 21.4 Å². The Morgan fingerprint density at radius 3 is 2.56 bits per heavy atom. The quantitative estimate of drug-likeness (QED) is 0.496. The van der Waals surface area contributed by atoms with E-state index >= 15 is 0 Å². The lowest BCUT2D eigenvalue weighted by Gasteiger charge is -2.33. The van der Waals surface area contributed by atoms with Crippen molar-refractivity contribution in [1.82, 2.24) is 9.80 Å². The second kappa shape index (κ2) is 9.70. The number of imide groups is 1. The number of carbonyl (C=O) groups excluding carboxylic acids is 2. The molecular formula is C22H33ClN2O2. The van der Waals surface area contributed by atoms with Crippen LogP contribution in [0.2, 0.25) is 0 Å². The van der Waals surface area contributed by atoms with Gasteiger partial charge in [-0.15, -0.1) is 12.4 Å². The minimum Gasteiger partial charge on any atom is -0.304 e. The van der Waals surface area contributed by atoms with Crippen molar-refractivity contribution in [3.05, 3.63) is 35.4 Å². The Morgan fingerprint density at radius 2 is 1.81 bits per heavy atom. The fourth-order valence-corrected chi connectivity index (χ4v) is 4.68. The molecule has 1 aliphatic heterocycles. The third kappa shape index (κ3) is 4.38. The molecule has 1 spiro atoms. The maximum atomic E-state index is 13.2. The summed E-state index contributed by atoms with van der Waals surface area (Å²) in [5, 5.41) is 0. The zero-order chi connectivity index (χ0) is 18.6. The molecule has 1 unspecified atom stereocenters. The first-order valence-electron chi connectivity index (χ1n) is 10.3. The summed E-state index contributed by atoms with van der Waals surface area (Å²) < 4.78 is 0. The Morgan fingerprint density at radius 1 is 1.07 bits per heavy atom. The zero-order valence-electron chi connectivity index (χ0n) is 16.7. The number of amides is 2. The number of benzene rings is 1. The van der Waals surface area contributed by atoms with Crippen LogP contribution in [0.1, 0.15) is 63.5 Å². The summed E-state index contributed by atoms with van der Waals surface area (Å²) in [6.45, 7) is 8.23. The molecule has 4 nitrogen and oxygen atoms in total. The molecule has 27 heavy (non-hydrogen) atoms. The standard InChI is InChI=1S/C22H32N2O2.ClH/c1-3-23(4-2)15-8-5-9-16-24-20(25)17-22(21(24)26)14-10-12-18-11-6-7-13-19(18)22;/h6-7,11,13H,3-5,8-10,12,14-17H2,1-2H3;1H. The molecule has 1 aromatic carbocycles. The van der Waals surface area contributed by atoms with Gasteiger partial charge in [0.05, 0.1) is 5.41 Å². The summed E-state index contributed by atoms with van der Waals surface area (Å²) in [7, 11) is 0. The van der Waals surface area contributed by atoms with Gasteiger partial charge in [0.15, 0.2) is 0 Å². The molecule has 0 bridgehead atoms. The van der Waals surface area contributed by atoms with Crippen LogP contribution in [0.5, 0.6) is 0 Å². The van der Waals surface area contributed by atoms with Gasteiger partial charge >= 0.3 is 0 Å². The predicted octanol–water partition coefficient (Wildman–Crippen LogP) is 3.95. The smallest absolute Gasteiger partial charge is 0.240 e. The molecule has 1 atom stereocenters. The second-order valence-corrected chi connectivity index (χ2v) is 7.71. The van der Waals surface area contributed by atoms with Crippen molar-refractivity contribution in [2.45, 2.75) is 64.2 Å². The van der Waals surface area contributed by atoms with E-state index in [-0.39, 0.29) is 24.2 Å². The van der Waals surface area contributed by atoms with Crippen LogP contribution in [0.4, 0.5) is 0 Å². The van der Waals surface area contributed by atoms with E-state index in [0.717, 1.165) is 63.7 Å². The molecular weight excluding hydrogens is 360 g/mol. The second-order valence-electron chi connectivity index (χ2n) is 7.71. The van der Waals surface area contributed by atoms with Crippen LogP contribution >= 0.6 is 12.4 Å². The number of likely N-dealkylation sites (tertiary alicyclic amines) is 1. The molecule has 0 saturated carbocycles. The SMILES string of the molecule is CCN(CC)CCCCCN1C(=O)CC2(CCCc3ccccc32)C1=O.Cl. The highest BCUT2D eigenvalue weighted by molar-refractivity contribution is 6.09. The molecule has 0 N–H and O–H groups in total. The van der Waals surface area contributed by atoms with Crippen LogP contribution < -0.4 is 0 Å². The van der Waals surface area contributed by atoms with Gasteiger partial charge in [-0.1, -0.05) is 44.5 Å². The number of halogens is 1. The van der Waals surface area contributed by atoms with E-state index in [4.69, 9.17) is 0 Å². The summed E-state index contributed by atoms with van der Waals surface area (Å²) >= 11 is 0. The van der Waals surface area contributed by atoms with Gasteiger partial charge in [0, 0.05) is 13.0 Å². The zero-order valence-corrected chi connectivity index (χ0v) is 17.5. The van der Waals surface area contributed by atoms with Crippen molar-refractivity contribution < 1.29 is 9.59 Å². The Labute approximate surface area is 169 Å². The molecule has 2 aliphatic rings. The molecule has 1 fully saturated rings. The maximum absolute atomic E-state index is 13.2. The summed E-state index contributed by atoms with van der Waals surface area (Å²) in [5.74, 6) is 0.0776. The van der Waals surface area contributed by atoms with Gasteiger partial charge in [0.1, 0.15) is 0 Å². The molecule has 5 heteroatoms.